The number of hydrogen-bond donors (Lipinski definition) is 0. The van der Waals surface area contributed by atoms with E-state index in [-0.39, 0.29) is 12.2 Å². The Kier molecular flexibility index (Phi) is 6.60. The lowest BCUT2D eigenvalue weighted by atomic mass is 9.95. The fourth-order valence-corrected chi connectivity index (χ4v) is 4.49. The topological polar surface area (TPSA) is 67.9 Å². The van der Waals surface area contributed by atoms with E-state index < -0.39 is 0 Å². The predicted octanol–water partition coefficient (Wildman–Crippen LogP) is 4.94. The van der Waals surface area contributed by atoms with Crippen LogP contribution in [-0.4, -0.2) is 16.7 Å². The molecule has 160 valence electrons. The van der Waals surface area contributed by atoms with Gasteiger partial charge in [0.25, 0.3) is 5.56 Å². The smallest absolute Gasteiger partial charge is 0.257 e. The van der Waals surface area contributed by atoms with Crippen molar-refractivity contribution in [3.63, 3.8) is 0 Å². The molecule has 4 aromatic rings. The van der Waals surface area contributed by atoms with Gasteiger partial charge < -0.3 is 4.74 Å². The highest BCUT2D eigenvalue weighted by molar-refractivity contribution is 7.09. The molecular weight excluding hydrogens is 418 g/mol. The van der Waals surface area contributed by atoms with Crippen molar-refractivity contribution in [2.24, 2.45) is 0 Å². The van der Waals surface area contributed by atoms with E-state index in [1.54, 1.807) is 23.0 Å². The summed E-state index contributed by atoms with van der Waals surface area (Å²) in [6.07, 6.45) is 0.388. The van der Waals surface area contributed by atoms with Crippen LogP contribution < -0.4 is 5.56 Å². The molecule has 0 unspecified atom stereocenters. The largest absolute Gasteiger partial charge is 0.378 e. The summed E-state index contributed by atoms with van der Waals surface area (Å²) >= 11 is 1.62. The molecule has 0 N–H and O–H groups in total. The highest BCUT2D eigenvalue weighted by atomic mass is 32.1. The van der Waals surface area contributed by atoms with Crippen LogP contribution in [0, 0.1) is 18.3 Å². The van der Waals surface area contributed by atoms with Crippen LogP contribution in [-0.2, 0) is 24.3 Å². The molecule has 0 spiro atoms. The van der Waals surface area contributed by atoms with Crippen LogP contribution in [0.2, 0.25) is 0 Å². The first kappa shape index (κ1) is 21.7. The zero-order valence-corrected chi connectivity index (χ0v) is 18.9. The van der Waals surface area contributed by atoms with E-state index in [1.165, 1.54) is 0 Å². The third-order valence-electron chi connectivity index (χ3n) is 5.38. The molecule has 0 atom stereocenters. The Morgan fingerprint density at radius 2 is 1.94 bits per heavy atom. The van der Waals surface area contributed by atoms with Crippen molar-refractivity contribution in [2.75, 3.05) is 7.11 Å². The van der Waals surface area contributed by atoms with Crippen LogP contribution in [0.3, 0.4) is 0 Å². The molecule has 0 saturated heterocycles. The lowest BCUT2D eigenvalue weighted by molar-refractivity contribution is 0.180. The minimum absolute atomic E-state index is 0.0661. The van der Waals surface area contributed by atoms with Crippen molar-refractivity contribution >= 4 is 11.3 Å². The van der Waals surface area contributed by atoms with Crippen LogP contribution in [0.5, 0.6) is 0 Å². The molecule has 6 heteroatoms. The summed E-state index contributed by atoms with van der Waals surface area (Å²) < 4.78 is 7.04. The molecule has 32 heavy (non-hydrogen) atoms. The van der Waals surface area contributed by atoms with Crippen LogP contribution in [0.25, 0.3) is 11.1 Å². The summed E-state index contributed by atoms with van der Waals surface area (Å²) in [4.78, 5) is 19.3. The number of nitriles is 1. The summed E-state index contributed by atoms with van der Waals surface area (Å²) in [5.41, 5.74) is 4.53. The first-order chi connectivity index (χ1) is 15.6. The summed E-state index contributed by atoms with van der Waals surface area (Å²) in [5, 5.41) is 11.7. The molecule has 0 radical (unpaired) electrons. The molecule has 2 aromatic heterocycles. The number of thiophene rings is 1. The Morgan fingerprint density at radius 3 is 2.62 bits per heavy atom. The van der Waals surface area contributed by atoms with E-state index in [4.69, 9.17) is 4.74 Å². The SMILES string of the molecule is COCc1nc(C)n(Cc2cccs2)c(=O)c1Cc1ccc(-c2ccccc2)c(C#N)c1. The Morgan fingerprint density at radius 1 is 1.12 bits per heavy atom. The first-order valence-electron chi connectivity index (χ1n) is 10.3. The van der Waals surface area contributed by atoms with Crippen molar-refractivity contribution in [1.82, 2.24) is 9.55 Å². The van der Waals surface area contributed by atoms with E-state index in [1.807, 2.05) is 73.0 Å². The van der Waals surface area contributed by atoms with Gasteiger partial charge in [-0.05, 0) is 41.1 Å². The maximum absolute atomic E-state index is 13.5. The lowest BCUT2D eigenvalue weighted by Crippen LogP contribution is -2.29. The standard InChI is InChI=1S/C26H23N3O2S/c1-18-28-25(17-31-2)24(26(30)29(18)16-22-9-6-12-32-22)14-19-10-11-23(21(13-19)15-27)20-7-4-3-5-8-20/h3-13H,14,16-17H2,1-2H3. The number of rotatable bonds is 7. The summed E-state index contributed by atoms with van der Waals surface area (Å²) in [7, 11) is 1.60. The lowest BCUT2D eigenvalue weighted by Gasteiger charge is -2.15. The molecular formula is C26H23N3O2S. The highest BCUT2D eigenvalue weighted by Crippen LogP contribution is 2.25. The summed E-state index contributed by atoms with van der Waals surface area (Å²) in [5.74, 6) is 0.663. The molecule has 0 amide bonds. The number of aryl methyl sites for hydroxylation is 1. The minimum atomic E-state index is -0.0661. The van der Waals surface area contributed by atoms with Crippen LogP contribution in [0.4, 0.5) is 0 Å². The van der Waals surface area contributed by atoms with Gasteiger partial charge in [-0.3, -0.25) is 9.36 Å². The summed E-state index contributed by atoms with van der Waals surface area (Å²) in [6, 6.07) is 21.9. The van der Waals surface area contributed by atoms with E-state index in [2.05, 4.69) is 11.1 Å². The Labute approximate surface area is 191 Å². The van der Waals surface area contributed by atoms with Gasteiger partial charge in [0, 0.05) is 24.0 Å². The van der Waals surface area contributed by atoms with E-state index in [0.717, 1.165) is 21.6 Å². The average Bonchev–Trinajstić information content (AvgIpc) is 3.33. The van der Waals surface area contributed by atoms with Crippen LogP contribution in [0.15, 0.2) is 70.8 Å². The molecule has 0 aliphatic rings. The van der Waals surface area contributed by atoms with Gasteiger partial charge in [-0.25, -0.2) is 4.98 Å². The van der Waals surface area contributed by atoms with Gasteiger partial charge in [-0.2, -0.15) is 5.26 Å². The third kappa shape index (κ3) is 4.54. The van der Waals surface area contributed by atoms with Gasteiger partial charge in [-0.15, -0.1) is 11.3 Å². The molecule has 0 aliphatic heterocycles. The van der Waals surface area contributed by atoms with Gasteiger partial charge in [0.2, 0.25) is 0 Å². The maximum atomic E-state index is 13.5. The van der Waals surface area contributed by atoms with Gasteiger partial charge in [0.05, 0.1) is 30.5 Å². The maximum Gasteiger partial charge on any atom is 0.257 e. The highest BCUT2D eigenvalue weighted by Gasteiger charge is 2.17. The minimum Gasteiger partial charge on any atom is -0.378 e. The van der Waals surface area contributed by atoms with E-state index in [0.29, 0.717) is 35.6 Å². The molecule has 0 saturated carbocycles. The Hall–Kier alpha value is -3.53. The number of methoxy groups -OCH3 is 1. The third-order valence-corrected chi connectivity index (χ3v) is 6.25. The van der Waals surface area contributed by atoms with Crippen molar-refractivity contribution in [2.45, 2.75) is 26.5 Å². The normalized spacial score (nSPS) is 10.8. The number of hydrogen-bond acceptors (Lipinski definition) is 5. The molecule has 0 fully saturated rings. The predicted molar refractivity (Wildman–Crippen MR) is 127 cm³/mol. The first-order valence-corrected chi connectivity index (χ1v) is 11.2. The summed E-state index contributed by atoms with van der Waals surface area (Å²) in [6.45, 7) is 2.60. The number of ether oxygens (including phenoxy) is 1. The second-order valence-corrected chi connectivity index (χ2v) is 8.55. The van der Waals surface area contributed by atoms with Gasteiger partial charge >= 0.3 is 0 Å². The fraction of sp³-hybridized carbons (Fsp3) is 0.192. The Balaban J connectivity index is 1.74. The van der Waals surface area contributed by atoms with Crippen LogP contribution >= 0.6 is 11.3 Å². The second-order valence-electron chi connectivity index (χ2n) is 7.52. The van der Waals surface area contributed by atoms with Crippen molar-refractivity contribution < 1.29 is 4.74 Å². The van der Waals surface area contributed by atoms with Gasteiger partial charge in [-0.1, -0.05) is 48.5 Å². The molecule has 2 heterocycles. The molecule has 2 aromatic carbocycles. The molecule has 0 aliphatic carbocycles. The number of nitrogens with zero attached hydrogens (tertiary/aromatic N) is 3. The monoisotopic (exact) mass is 441 g/mol. The quantitative estimate of drug-likeness (QED) is 0.407. The van der Waals surface area contributed by atoms with Crippen molar-refractivity contribution in [3.8, 4) is 17.2 Å². The zero-order valence-electron chi connectivity index (χ0n) is 18.0. The molecule has 0 bridgehead atoms. The number of aromatic nitrogens is 2. The second kappa shape index (κ2) is 9.73. The fourth-order valence-electron chi connectivity index (χ4n) is 3.80. The van der Waals surface area contributed by atoms with Crippen molar-refractivity contribution in [3.05, 3.63) is 109 Å². The Bertz CT molecular complexity index is 1320. The van der Waals surface area contributed by atoms with Crippen molar-refractivity contribution in [1.29, 1.82) is 5.26 Å². The van der Waals surface area contributed by atoms with Gasteiger partial charge in [0.15, 0.2) is 0 Å². The number of benzene rings is 2. The van der Waals surface area contributed by atoms with E-state index in [9.17, 15) is 10.1 Å². The molecule has 4 rings (SSSR count). The van der Waals surface area contributed by atoms with Crippen LogP contribution in [0.1, 0.15) is 33.1 Å². The molecule has 5 nitrogen and oxygen atoms in total. The van der Waals surface area contributed by atoms with E-state index >= 15 is 0 Å². The average molecular weight is 442 g/mol. The zero-order chi connectivity index (χ0) is 22.5. The van der Waals surface area contributed by atoms with Gasteiger partial charge in [0.1, 0.15) is 5.82 Å².